The number of aliphatic carboxylic acids is 1. The SMILES string of the molecule is N=C(N)c1ccc(-c2cc(C(=O)NC3CCC(C(=O)O)CC3)c(=O)n(-c3ccccc3)n2)cc1. The second kappa shape index (κ2) is 9.70. The van der Waals surface area contributed by atoms with Crippen molar-refractivity contribution in [3.8, 4) is 16.9 Å². The molecule has 0 bridgehead atoms. The molecule has 0 atom stereocenters. The lowest BCUT2D eigenvalue weighted by Crippen LogP contribution is -2.41. The summed E-state index contributed by atoms with van der Waals surface area (Å²) in [5.41, 5.74) is 7.08. The third-order valence-electron chi connectivity index (χ3n) is 6.06. The van der Waals surface area contributed by atoms with Gasteiger partial charge in [0.15, 0.2) is 0 Å². The van der Waals surface area contributed by atoms with Crippen LogP contribution in [0.4, 0.5) is 0 Å². The number of benzene rings is 2. The minimum absolute atomic E-state index is 0.0511. The van der Waals surface area contributed by atoms with Gasteiger partial charge in [-0.2, -0.15) is 9.78 Å². The topological polar surface area (TPSA) is 151 Å². The summed E-state index contributed by atoms with van der Waals surface area (Å²) in [4.78, 5) is 37.6. The van der Waals surface area contributed by atoms with E-state index in [2.05, 4.69) is 10.4 Å². The fourth-order valence-electron chi connectivity index (χ4n) is 4.11. The molecule has 0 aliphatic heterocycles. The standard InChI is InChI=1S/C25H25N5O4/c26-22(27)16-8-6-15(7-9-16)21-14-20(24(32)30(29-21)19-4-2-1-3-5-19)23(31)28-18-12-10-17(11-13-18)25(33)34/h1-9,14,17-18H,10-13H2,(H3,26,27)(H,28,31)(H,33,34). The highest BCUT2D eigenvalue weighted by molar-refractivity contribution is 5.96. The van der Waals surface area contributed by atoms with Crippen molar-refractivity contribution in [2.75, 3.05) is 0 Å². The zero-order valence-corrected chi connectivity index (χ0v) is 18.4. The summed E-state index contributed by atoms with van der Waals surface area (Å²) in [6.07, 6.45) is 2.05. The molecule has 1 fully saturated rings. The molecule has 9 heteroatoms. The highest BCUT2D eigenvalue weighted by Gasteiger charge is 2.28. The molecule has 5 N–H and O–H groups in total. The molecule has 2 aromatic carbocycles. The number of para-hydroxylation sites is 1. The molecule has 9 nitrogen and oxygen atoms in total. The van der Waals surface area contributed by atoms with Gasteiger partial charge < -0.3 is 16.2 Å². The van der Waals surface area contributed by atoms with E-state index in [-0.39, 0.29) is 17.4 Å². The molecule has 34 heavy (non-hydrogen) atoms. The van der Waals surface area contributed by atoms with E-state index in [9.17, 15) is 19.5 Å². The maximum atomic E-state index is 13.2. The Morgan fingerprint density at radius 3 is 2.26 bits per heavy atom. The molecule has 1 aliphatic rings. The fourth-order valence-corrected chi connectivity index (χ4v) is 4.11. The van der Waals surface area contributed by atoms with Crippen molar-refractivity contribution in [1.82, 2.24) is 15.1 Å². The summed E-state index contributed by atoms with van der Waals surface area (Å²) in [7, 11) is 0. The van der Waals surface area contributed by atoms with Gasteiger partial charge in [0.2, 0.25) is 0 Å². The van der Waals surface area contributed by atoms with Gasteiger partial charge in [-0.25, -0.2) is 0 Å². The molecule has 1 aliphatic carbocycles. The number of rotatable bonds is 6. The van der Waals surface area contributed by atoms with Crippen LogP contribution in [0.15, 0.2) is 65.5 Å². The normalized spacial score (nSPS) is 17.6. The maximum Gasteiger partial charge on any atom is 0.306 e. The Hall–Kier alpha value is -4.27. The molecule has 4 rings (SSSR count). The first-order valence-electron chi connectivity index (χ1n) is 11.0. The number of carbonyl (C=O) groups is 2. The van der Waals surface area contributed by atoms with Crippen molar-refractivity contribution in [3.05, 3.63) is 82.1 Å². The number of nitrogens with two attached hydrogens (primary N) is 1. The molecule has 174 valence electrons. The van der Waals surface area contributed by atoms with Gasteiger partial charge in [-0.3, -0.25) is 19.8 Å². The third-order valence-corrected chi connectivity index (χ3v) is 6.06. The smallest absolute Gasteiger partial charge is 0.306 e. The van der Waals surface area contributed by atoms with Crippen molar-refractivity contribution in [2.45, 2.75) is 31.7 Å². The van der Waals surface area contributed by atoms with Crippen molar-refractivity contribution in [3.63, 3.8) is 0 Å². The van der Waals surface area contributed by atoms with E-state index >= 15 is 0 Å². The minimum atomic E-state index is -0.815. The molecule has 1 heterocycles. The molecule has 0 spiro atoms. The predicted molar refractivity (Wildman–Crippen MR) is 127 cm³/mol. The minimum Gasteiger partial charge on any atom is -0.481 e. The van der Waals surface area contributed by atoms with Crippen LogP contribution in [0.3, 0.4) is 0 Å². The Morgan fingerprint density at radius 2 is 1.68 bits per heavy atom. The molecular formula is C25H25N5O4. The number of nitrogens with zero attached hydrogens (tertiary/aromatic N) is 2. The van der Waals surface area contributed by atoms with Crippen molar-refractivity contribution in [1.29, 1.82) is 5.41 Å². The zero-order valence-electron chi connectivity index (χ0n) is 18.4. The monoisotopic (exact) mass is 459 g/mol. The van der Waals surface area contributed by atoms with Gasteiger partial charge in [0.25, 0.3) is 11.5 Å². The molecule has 1 aromatic heterocycles. The van der Waals surface area contributed by atoms with Crippen molar-refractivity contribution in [2.24, 2.45) is 11.7 Å². The Morgan fingerprint density at radius 1 is 1.03 bits per heavy atom. The number of amidine groups is 1. The summed E-state index contributed by atoms with van der Waals surface area (Å²) in [6, 6.07) is 16.9. The van der Waals surface area contributed by atoms with Gasteiger partial charge in [0, 0.05) is 17.2 Å². The maximum absolute atomic E-state index is 13.2. The summed E-state index contributed by atoms with van der Waals surface area (Å²) < 4.78 is 1.20. The number of aromatic nitrogens is 2. The fraction of sp³-hybridized carbons (Fsp3) is 0.240. The van der Waals surface area contributed by atoms with E-state index in [1.807, 2.05) is 6.07 Å². The Balaban J connectivity index is 1.69. The van der Waals surface area contributed by atoms with E-state index in [1.54, 1.807) is 48.5 Å². The number of carbonyl (C=O) groups excluding carboxylic acids is 1. The average molecular weight is 460 g/mol. The summed E-state index contributed by atoms with van der Waals surface area (Å²) in [6.45, 7) is 0. The second-order valence-electron chi connectivity index (χ2n) is 8.35. The molecular weight excluding hydrogens is 434 g/mol. The number of hydrogen-bond acceptors (Lipinski definition) is 5. The highest BCUT2D eigenvalue weighted by Crippen LogP contribution is 2.25. The lowest BCUT2D eigenvalue weighted by atomic mass is 9.86. The largest absolute Gasteiger partial charge is 0.481 e. The summed E-state index contributed by atoms with van der Waals surface area (Å²) >= 11 is 0. The number of carboxylic acids is 1. The quantitative estimate of drug-likeness (QED) is 0.328. The first-order valence-corrected chi connectivity index (χ1v) is 11.0. The lowest BCUT2D eigenvalue weighted by molar-refractivity contribution is -0.142. The van der Waals surface area contributed by atoms with E-state index in [1.165, 1.54) is 10.7 Å². The molecule has 0 unspecified atom stereocenters. The van der Waals surface area contributed by atoms with Gasteiger partial charge >= 0.3 is 5.97 Å². The van der Waals surface area contributed by atoms with E-state index in [0.717, 1.165) is 0 Å². The molecule has 0 saturated heterocycles. The number of amides is 1. The Labute approximate surface area is 195 Å². The van der Waals surface area contributed by atoms with Crippen molar-refractivity contribution >= 4 is 17.7 Å². The predicted octanol–water partition coefficient (Wildman–Crippen LogP) is 2.56. The summed E-state index contributed by atoms with van der Waals surface area (Å²) in [5, 5.41) is 24.1. The van der Waals surface area contributed by atoms with Crippen LogP contribution in [0, 0.1) is 11.3 Å². The molecule has 0 radical (unpaired) electrons. The third kappa shape index (κ3) is 4.88. The van der Waals surface area contributed by atoms with E-state index in [4.69, 9.17) is 11.1 Å². The van der Waals surface area contributed by atoms with Crippen molar-refractivity contribution < 1.29 is 14.7 Å². The van der Waals surface area contributed by atoms with Crippen LogP contribution in [0.1, 0.15) is 41.6 Å². The average Bonchev–Trinajstić information content (AvgIpc) is 2.85. The van der Waals surface area contributed by atoms with Gasteiger partial charge in [0.1, 0.15) is 11.4 Å². The number of nitrogens with one attached hydrogen (secondary N) is 2. The van der Waals surface area contributed by atoms with Crippen LogP contribution in [-0.4, -0.2) is 38.6 Å². The van der Waals surface area contributed by atoms with Crippen LogP contribution in [-0.2, 0) is 4.79 Å². The lowest BCUT2D eigenvalue weighted by Gasteiger charge is -2.26. The second-order valence-corrected chi connectivity index (χ2v) is 8.35. The molecule has 1 saturated carbocycles. The van der Waals surface area contributed by atoms with Gasteiger partial charge in [-0.1, -0.05) is 42.5 Å². The van der Waals surface area contributed by atoms with Crippen LogP contribution in [0.5, 0.6) is 0 Å². The van der Waals surface area contributed by atoms with Gasteiger partial charge in [-0.05, 0) is 43.9 Å². The molecule has 3 aromatic rings. The van der Waals surface area contributed by atoms with Crippen LogP contribution < -0.4 is 16.6 Å². The summed E-state index contributed by atoms with van der Waals surface area (Å²) in [5.74, 6) is -1.79. The van der Waals surface area contributed by atoms with E-state index in [0.29, 0.717) is 48.2 Å². The zero-order chi connectivity index (χ0) is 24.2. The van der Waals surface area contributed by atoms with E-state index < -0.39 is 23.4 Å². The van der Waals surface area contributed by atoms with Crippen LogP contribution >= 0.6 is 0 Å². The number of nitrogen functional groups attached to an aromatic ring is 1. The number of hydrogen-bond donors (Lipinski definition) is 4. The Bertz CT molecular complexity index is 1280. The first-order chi connectivity index (χ1) is 16.3. The van der Waals surface area contributed by atoms with Crippen LogP contribution in [0.2, 0.25) is 0 Å². The van der Waals surface area contributed by atoms with Gasteiger partial charge in [-0.15, -0.1) is 0 Å². The highest BCUT2D eigenvalue weighted by atomic mass is 16.4. The first kappa shape index (κ1) is 22.9. The van der Waals surface area contributed by atoms with Crippen LogP contribution in [0.25, 0.3) is 16.9 Å². The van der Waals surface area contributed by atoms with Gasteiger partial charge in [0.05, 0.1) is 17.3 Å². The molecule has 1 amide bonds. The number of carboxylic acid groups (broad SMARTS) is 1. The Kier molecular flexibility index (Phi) is 6.53.